The van der Waals surface area contributed by atoms with Gasteiger partial charge in [0.2, 0.25) is 16.3 Å². The first-order valence-corrected chi connectivity index (χ1v) is 14.2. The van der Waals surface area contributed by atoms with Gasteiger partial charge in [0.1, 0.15) is 29.3 Å². The molecule has 45 heavy (non-hydrogen) atoms. The number of pyridine rings is 1. The Kier molecular flexibility index (Phi) is 7.05. The highest BCUT2D eigenvalue weighted by Crippen LogP contribution is 2.56. The quantitative estimate of drug-likeness (QED) is 0.116. The third-order valence-electron chi connectivity index (χ3n) is 8.48. The summed E-state index contributed by atoms with van der Waals surface area (Å²) >= 11 is 6.78. The largest absolute Gasteiger partial charge is 0.510 e. The first-order chi connectivity index (χ1) is 21.4. The van der Waals surface area contributed by atoms with Gasteiger partial charge in [-0.25, -0.2) is 0 Å². The van der Waals surface area contributed by atoms with Gasteiger partial charge in [0.25, 0.3) is 5.56 Å². The normalized spacial score (nSPS) is 17.4. The van der Waals surface area contributed by atoms with Gasteiger partial charge in [0.05, 0.1) is 50.3 Å². The number of fused-ring (bicyclic) bond motifs is 4. The summed E-state index contributed by atoms with van der Waals surface area (Å²) in [5.74, 6) is -2.73. The molecule has 1 heterocycles. The third-order valence-corrected chi connectivity index (χ3v) is 8.92. The molecule has 0 radical (unpaired) electrons. The Labute approximate surface area is 256 Å². The zero-order valence-corrected chi connectivity index (χ0v) is 25.0. The van der Waals surface area contributed by atoms with Gasteiger partial charge in [-0.2, -0.15) is 0 Å². The highest BCUT2D eigenvalue weighted by atomic mass is 35.5. The molecule has 1 spiro atoms. The minimum atomic E-state index is -2.06. The molecule has 14 heteroatoms. The Morgan fingerprint density at radius 1 is 1.00 bits per heavy atom. The number of methoxy groups -OCH3 is 1. The molecule has 1 aromatic heterocycles. The number of halogens is 1. The van der Waals surface area contributed by atoms with E-state index < -0.39 is 76.6 Å². The van der Waals surface area contributed by atoms with Gasteiger partial charge in [-0.3, -0.25) is 24.0 Å². The molecule has 0 saturated heterocycles. The van der Waals surface area contributed by atoms with E-state index in [4.69, 9.17) is 21.2 Å². The Balaban J connectivity index is 1.58. The molecule has 0 unspecified atom stereocenters. The molecule has 0 fully saturated rings. The summed E-state index contributed by atoms with van der Waals surface area (Å²) in [6.07, 6.45) is 1.88. The van der Waals surface area contributed by atoms with Crippen molar-refractivity contribution in [3.8, 4) is 11.5 Å². The average Bonchev–Trinajstić information content (AvgIpc) is 3.50. The van der Waals surface area contributed by atoms with Gasteiger partial charge in [-0.05, 0) is 45.0 Å². The van der Waals surface area contributed by atoms with E-state index in [1.807, 2.05) is 19.0 Å². The van der Waals surface area contributed by atoms with Gasteiger partial charge in [0, 0.05) is 23.6 Å². The molecule has 1 aromatic carbocycles. The first kappa shape index (κ1) is 30.0. The molecular weight excluding hydrogens is 610 g/mol. The van der Waals surface area contributed by atoms with Crippen molar-refractivity contribution in [2.24, 2.45) is 5.16 Å². The molecule has 0 saturated carbocycles. The van der Waals surface area contributed by atoms with E-state index in [9.17, 15) is 39.3 Å². The van der Waals surface area contributed by atoms with Crippen molar-refractivity contribution >= 4 is 40.1 Å². The smallest absolute Gasteiger partial charge is 0.260 e. The minimum Gasteiger partial charge on any atom is -0.510 e. The second kappa shape index (κ2) is 10.6. The topological polar surface area (TPSA) is 196 Å². The van der Waals surface area contributed by atoms with Crippen molar-refractivity contribution in [2.75, 3.05) is 34.4 Å². The number of hydrogen-bond acceptors (Lipinski definition) is 12. The average molecular weight is 636 g/mol. The summed E-state index contributed by atoms with van der Waals surface area (Å²) in [5.41, 5.74) is -6.84. The van der Waals surface area contributed by atoms with Crippen molar-refractivity contribution in [3.63, 3.8) is 0 Å². The van der Waals surface area contributed by atoms with Gasteiger partial charge in [-0.1, -0.05) is 16.8 Å². The number of aromatic amines is 1. The van der Waals surface area contributed by atoms with Crippen LogP contribution >= 0.6 is 11.6 Å². The van der Waals surface area contributed by atoms with E-state index in [1.54, 1.807) is 0 Å². The zero-order valence-electron chi connectivity index (χ0n) is 24.2. The van der Waals surface area contributed by atoms with Gasteiger partial charge < -0.3 is 34.8 Å². The molecule has 4 aliphatic rings. The molecule has 1 atom stereocenters. The maximum Gasteiger partial charge on any atom is 0.260 e. The number of rotatable bonds is 7. The number of aliphatic hydroxyl groups is 2. The van der Waals surface area contributed by atoms with Crippen LogP contribution in [0, 0.1) is 10.4 Å². The molecule has 0 aliphatic heterocycles. The van der Waals surface area contributed by atoms with Crippen molar-refractivity contribution in [1.29, 1.82) is 0 Å². The van der Waals surface area contributed by atoms with Crippen LogP contribution in [0.25, 0.3) is 22.3 Å². The summed E-state index contributed by atoms with van der Waals surface area (Å²) in [7, 11) is 4.97. The fourth-order valence-electron chi connectivity index (χ4n) is 6.47. The molecule has 232 valence electrons. The van der Waals surface area contributed by atoms with E-state index in [0.29, 0.717) is 6.61 Å². The number of H-pyrrole nitrogens is 1. The van der Waals surface area contributed by atoms with Crippen LogP contribution in [-0.4, -0.2) is 65.8 Å². The lowest BCUT2D eigenvalue weighted by atomic mass is 9.78. The lowest BCUT2D eigenvalue weighted by Gasteiger charge is -2.27. The monoisotopic (exact) mass is 635 g/mol. The number of phenolic OH excluding ortho intramolecular Hbond substituents is 1. The number of aromatic nitrogens is 1. The number of aromatic hydroxyl groups is 1. The second-order valence-electron chi connectivity index (χ2n) is 11.3. The standard InChI is InChI=1S/C31H26ClN3O10/c1-35(2)7-4-8-45-33-11-12-9-14-17(30(43)34-12)27(40)22-13(23(14)32)5-6-31(22)28(41)20-21(29(31)42)26(39)19-18(25(20)38)15(36)10-16(44-3)24(19)37/h9-11,40-42H,4-8H2,1-3H3,(H,34,43)/b33-11+/t31-/m0/s1. The maximum atomic E-state index is 13.6. The number of aliphatic hydroxyl groups excluding tert-OH is 2. The van der Waals surface area contributed by atoms with Gasteiger partial charge >= 0.3 is 0 Å². The summed E-state index contributed by atoms with van der Waals surface area (Å²) < 4.78 is 4.90. The van der Waals surface area contributed by atoms with E-state index in [-0.39, 0.29) is 45.5 Å². The highest BCUT2D eigenvalue weighted by molar-refractivity contribution is 6.37. The number of nitrogens with one attached hydrogen (secondary N) is 1. The molecular formula is C31H26ClN3O10. The van der Waals surface area contributed by atoms with Crippen molar-refractivity contribution in [2.45, 2.75) is 24.7 Å². The predicted molar refractivity (Wildman–Crippen MR) is 165 cm³/mol. The Morgan fingerprint density at radius 3 is 2.31 bits per heavy atom. The minimum absolute atomic E-state index is 0.0298. The SMILES string of the molecule is COc1cc(=O)c2c(=O)c3c(c(=O)c=2c1=O)=C(O)[C@]1(CCc2c1c(O)c1c(=O)[nH]c(/C=N/OCCCN(C)C)cc1c2Cl)C=3O. The molecule has 0 bridgehead atoms. The molecule has 4 aliphatic carbocycles. The summed E-state index contributed by atoms with van der Waals surface area (Å²) in [4.78, 5) is 76.1. The maximum absolute atomic E-state index is 13.6. The fourth-order valence-corrected chi connectivity index (χ4v) is 6.81. The van der Waals surface area contributed by atoms with Crippen LogP contribution in [0.2, 0.25) is 5.02 Å². The van der Waals surface area contributed by atoms with E-state index in [2.05, 4.69) is 10.1 Å². The zero-order chi connectivity index (χ0) is 32.5. The highest BCUT2D eigenvalue weighted by Gasteiger charge is 2.53. The molecule has 0 amide bonds. The molecule has 4 N–H and O–H groups in total. The number of phenols is 1. The molecule has 6 rings (SSSR count). The van der Waals surface area contributed by atoms with Crippen LogP contribution in [0.15, 0.2) is 41.3 Å². The van der Waals surface area contributed by atoms with Crippen LogP contribution in [-0.2, 0) is 16.7 Å². The fraction of sp³-hybridized carbons (Fsp3) is 0.290. The number of nitrogens with zero attached hydrogens (tertiary/aromatic N) is 2. The molecule has 2 aromatic rings. The van der Waals surface area contributed by atoms with Crippen LogP contribution in [0.5, 0.6) is 11.5 Å². The number of hydrogen-bond donors (Lipinski definition) is 4. The molecule has 13 nitrogen and oxygen atoms in total. The summed E-state index contributed by atoms with van der Waals surface area (Å²) in [6, 6.07) is 2.25. The first-order valence-electron chi connectivity index (χ1n) is 13.8. The summed E-state index contributed by atoms with van der Waals surface area (Å²) in [6.45, 7) is 1.14. The third kappa shape index (κ3) is 4.11. The Morgan fingerprint density at radius 2 is 1.67 bits per heavy atom. The van der Waals surface area contributed by atoms with Crippen molar-refractivity contribution in [1.82, 2.24) is 9.88 Å². The van der Waals surface area contributed by atoms with Gasteiger partial charge in [0.15, 0.2) is 11.2 Å². The predicted octanol–water partition coefficient (Wildman–Crippen LogP) is -0.531. The Bertz CT molecular complexity index is 2460. The lowest BCUT2D eigenvalue weighted by molar-refractivity contribution is 0.136. The Hall–Kier alpha value is -5.01. The lowest BCUT2D eigenvalue weighted by Crippen LogP contribution is -2.51. The van der Waals surface area contributed by atoms with Crippen LogP contribution < -0.4 is 42.4 Å². The van der Waals surface area contributed by atoms with Crippen molar-refractivity contribution < 1.29 is 24.9 Å². The van der Waals surface area contributed by atoms with E-state index in [0.717, 1.165) is 26.1 Å². The number of oxime groups is 1. The van der Waals surface area contributed by atoms with Crippen LogP contribution in [0.1, 0.15) is 29.7 Å². The number of ether oxygens (including phenoxy) is 1. The summed E-state index contributed by atoms with van der Waals surface area (Å²) in [5, 5.41) is 35.6. The second-order valence-corrected chi connectivity index (χ2v) is 11.6. The van der Waals surface area contributed by atoms with E-state index in [1.165, 1.54) is 12.3 Å². The van der Waals surface area contributed by atoms with Crippen molar-refractivity contribution in [3.05, 3.63) is 106 Å². The van der Waals surface area contributed by atoms with Crippen LogP contribution in [0.4, 0.5) is 0 Å². The van der Waals surface area contributed by atoms with Gasteiger partial charge in [-0.15, -0.1) is 0 Å². The van der Waals surface area contributed by atoms with Crippen LogP contribution in [0.3, 0.4) is 0 Å². The number of benzene rings is 1. The van der Waals surface area contributed by atoms with E-state index >= 15 is 0 Å².